The number of nitrogens with zero attached hydrogens (tertiary/aromatic N) is 1. The molecule has 2 N–H and O–H groups in total. The van der Waals surface area contributed by atoms with E-state index in [0.29, 0.717) is 19.1 Å². The lowest BCUT2D eigenvalue weighted by atomic mass is 10.1. The molecule has 1 saturated carbocycles. The van der Waals surface area contributed by atoms with Crippen molar-refractivity contribution >= 4 is 5.91 Å². The number of hydrogen-bond acceptors (Lipinski definition) is 3. The minimum atomic E-state index is 0.196. The summed E-state index contributed by atoms with van der Waals surface area (Å²) in [7, 11) is 1.67. The molecule has 1 unspecified atom stereocenters. The van der Waals surface area contributed by atoms with Crippen LogP contribution in [0.15, 0.2) is 0 Å². The lowest BCUT2D eigenvalue weighted by Gasteiger charge is -2.22. The molecule has 0 spiro atoms. The van der Waals surface area contributed by atoms with Crippen LogP contribution in [0.1, 0.15) is 39.0 Å². The van der Waals surface area contributed by atoms with Gasteiger partial charge in [-0.3, -0.25) is 4.79 Å². The maximum absolute atomic E-state index is 11.9. The zero-order valence-electron chi connectivity index (χ0n) is 10.4. The van der Waals surface area contributed by atoms with Crippen molar-refractivity contribution in [2.75, 3.05) is 20.3 Å². The van der Waals surface area contributed by atoms with Crippen LogP contribution < -0.4 is 5.73 Å². The van der Waals surface area contributed by atoms with E-state index in [2.05, 4.69) is 0 Å². The van der Waals surface area contributed by atoms with Crippen LogP contribution in [0.3, 0.4) is 0 Å². The second kappa shape index (κ2) is 6.86. The Balaban J connectivity index is 2.24. The first-order chi connectivity index (χ1) is 7.65. The summed E-state index contributed by atoms with van der Waals surface area (Å²) in [6.45, 7) is 3.35. The van der Waals surface area contributed by atoms with Crippen molar-refractivity contribution in [3.05, 3.63) is 0 Å². The minimum Gasteiger partial charge on any atom is -0.383 e. The largest absolute Gasteiger partial charge is 0.383 e. The predicted octanol–water partition coefficient (Wildman–Crippen LogP) is 1.14. The van der Waals surface area contributed by atoms with Crippen molar-refractivity contribution < 1.29 is 9.53 Å². The second-order valence-electron chi connectivity index (χ2n) is 4.68. The van der Waals surface area contributed by atoms with E-state index in [9.17, 15) is 4.79 Å². The zero-order chi connectivity index (χ0) is 12.0. The Kier molecular flexibility index (Phi) is 5.77. The molecule has 1 fully saturated rings. The van der Waals surface area contributed by atoms with Crippen LogP contribution in [0.25, 0.3) is 0 Å². The average Bonchev–Trinajstić information content (AvgIpc) is 3.02. The molecule has 1 amide bonds. The van der Waals surface area contributed by atoms with Crippen LogP contribution in [0, 0.1) is 0 Å². The quantitative estimate of drug-likeness (QED) is 0.678. The maximum atomic E-state index is 11.9. The summed E-state index contributed by atoms with van der Waals surface area (Å²) in [6.07, 6.45) is 4.76. The third-order valence-electron chi connectivity index (χ3n) is 2.89. The normalized spacial score (nSPS) is 17.2. The Bertz CT molecular complexity index is 215. The van der Waals surface area contributed by atoms with Gasteiger partial charge in [-0.15, -0.1) is 0 Å². The van der Waals surface area contributed by atoms with Crippen LogP contribution in [0.4, 0.5) is 0 Å². The van der Waals surface area contributed by atoms with E-state index >= 15 is 0 Å². The Morgan fingerprint density at radius 3 is 2.75 bits per heavy atom. The van der Waals surface area contributed by atoms with Gasteiger partial charge in [0.2, 0.25) is 5.91 Å². The van der Waals surface area contributed by atoms with Crippen LogP contribution >= 0.6 is 0 Å². The highest BCUT2D eigenvalue weighted by Gasteiger charge is 2.31. The molecule has 1 aliphatic rings. The van der Waals surface area contributed by atoms with Gasteiger partial charge in [0.1, 0.15) is 0 Å². The number of ether oxygens (including phenoxy) is 1. The third-order valence-corrected chi connectivity index (χ3v) is 2.89. The number of carbonyl (C=O) groups is 1. The van der Waals surface area contributed by atoms with Crippen molar-refractivity contribution in [1.29, 1.82) is 0 Å². The monoisotopic (exact) mass is 228 g/mol. The first-order valence-corrected chi connectivity index (χ1v) is 6.19. The molecule has 16 heavy (non-hydrogen) atoms. The lowest BCUT2D eigenvalue weighted by Crippen LogP contribution is -2.35. The van der Waals surface area contributed by atoms with Crippen molar-refractivity contribution in [2.24, 2.45) is 5.73 Å². The summed E-state index contributed by atoms with van der Waals surface area (Å²) < 4.78 is 5.03. The molecule has 0 heterocycles. The SMILES string of the molecule is COCCN(C(=O)CCCC(C)N)C1CC1. The van der Waals surface area contributed by atoms with Gasteiger partial charge in [0.25, 0.3) is 0 Å². The molecule has 4 nitrogen and oxygen atoms in total. The van der Waals surface area contributed by atoms with Gasteiger partial charge >= 0.3 is 0 Å². The third kappa shape index (κ3) is 4.94. The summed E-state index contributed by atoms with van der Waals surface area (Å²) in [4.78, 5) is 13.9. The Hall–Kier alpha value is -0.610. The molecule has 0 aliphatic heterocycles. The highest BCUT2D eigenvalue weighted by atomic mass is 16.5. The second-order valence-corrected chi connectivity index (χ2v) is 4.68. The molecule has 1 rings (SSSR count). The fourth-order valence-electron chi connectivity index (χ4n) is 1.81. The molecular formula is C12H24N2O2. The molecule has 4 heteroatoms. The Morgan fingerprint density at radius 2 is 2.25 bits per heavy atom. The van der Waals surface area contributed by atoms with Gasteiger partial charge in [-0.2, -0.15) is 0 Å². The molecule has 94 valence electrons. The molecule has 0 radical (unpaired) electrons. The summed E-state index contributed by atoms with van der Waals surface area (Å²) in [5, 5.41) is 0. The maximum Gasteiger partial charge on any atom is 0.222 e. The topological polar surface area (TPSA) is 55.6 Å². The van der Waals surface area contributed by atoms with Crippen molar-refractivity contribution in [3.8, 4) is 0 Å². The number of amides is 1. The van der Waals surface area contributed by atoms with E-state index in [1.165, 1.54) is 0 Å². The van der Waals surface area contributed by atoms with Gasteiger partial charge in [0, 0.05) is 32.2 Å². The van der Waals surface area contributed by atoms with Crippen LogP contribution in [0.5, 0.6) is 0 Å². The lowest BCUT2D eigenvalue weighted by molar-refractivity contribution is -0.132. The fourth-order valence-corrected chi connectivity index (χ4v) is 1.81. The van der Waals surface area contributed by atoms with Crippen LogP contribution in [0.2, 0.25) is 0 Å². The average molecular weight is 228 g/mol. The summed E-state index contributed by atoms with van der Waals surface area (Å²) in [5.41, 5.74) is 5.66. The highest BCUT2D eigenvalue weighted by Crippen LogP contribution is 2.27. The molecule has 0 saturated heterocycles. The number of nitrogens with two attached hydrogens (primary N) is 1. The standard InChI is InChI=1S/C12H24N2O2/c1-10(13)4-3-5-12(15)14(8-9-16-2)11-6-7-11/h10-11H,3-9,13H2,1-2H3. The van der Waals surface area contributed by atoms with E-state index in [0.717, 1.165) is 32.2 Å². The fraction of sp³-hybridized carbons (Fsp3) is 0.917. The molecule has 0 bridgehead atoms. The summed E-state index contributed by atoms with van der Waals surface area (Å²) in [5.74, 6) is 0.264. The van der Waals surface area contributed by atoms with Gasteiger partial charge in [0.05, 0.1) is 6.61 Å². The van der Waals surface area contributed by atoms with Gasteiger partial charge in [-0.1, -0.05) is 0 Å². The first kappa shape index (κ1) is 13.5. The van der Waals surface area contributed by atoms with Crippen LogP contribution in [-0.4, -0.2) is 43.2 Å². The van der Waals surface area contributed by atoms with Crippen molar-refractivity contribution in [1.82, 2.24) is 4.90 Å². The van der Waals surface area contributed by atoms with E-state index in [-0.39, 0.29) is 11.9 Å². The smallest absolute Gasteiger partial charge is 0.222 e. The van der Waals surface area contributed by atoms with Gasteiger partial charge in [-0.25, -0.2) is 0 Å². The summed E-state index contributed by atoms with van der Waals surface area (Å²) >= 11 is 0. The van der Waals surface area contributed by atoms with Gasteiger partial charge in [0.15, 0.2) is 0 Å². The molecular weight excluding hydrogens is 204 g/mol. The molecule has 0 aromatic carbocycles. The first-order valence-electron chi connectivity index (χ1n) is 6.19. The van der Waals surface area contributed by atoms with E-state index in [1.54, 1.807) is 7.11 Å². The number of methoxy groups -OCH3 is 1. The molecule has 0 aromatic heterocycles. The minimum absolute atomic E-state index is 0.196. The van der Waals surface area contributed by atoms with E-state index in [1.807, 2.05) is 11.8 Å². The predicted molar refractivity (Wildman–Crippen MR) is 64.1 cm³/mol. The number of hydrogen-bond donors (Lipinski definition) is 1. The van der Waals surface area contributed by atoms with Crippen molar-refractivity contribution in [3.63, 3.8) is 0 Å². The van der Waals surface area contributed by atoms with E-state index in [4.69, 9.17) is 10.5 Å². The van der Waals surface area contributed by atoms with Gasteiger partial charge < -0.3 is 15.4 Å². The molecule has 1 aliphatic carbocycles. The Labute approximate surface area is 98.1 Å². The number of carbonyl (C=O) groups excluding carboxylic acids is 1. The van der Waals surface area contributed by atoms with E-state index < -0.39 is 0 Å². The Morgan fingerprint density at radius 1 is 1.56 bits per heavy atom. The molecule has 0 aromatic rings. The van der Waals surface area contributed by atoms with Crippen LogP contribution in [-0.2, 0) is 9.53 Å². The van der Waals surface area contributed by atoms with Gasteiger partial charge in [-0.05, 0) is 32.6 Å². The highest BCUT2D eigenvalue weighted by molar-refractivity contribution is 5.76. The summed E-state index contributed by atoms with van der Waals surface area (Å²) in [6, 6.07) is 0.680. The van der Waals surface area contributed by atoms with Crippen molar-refractivity contribution in [2.45, 2.75) is 51.1 Å². The molecule has 1 atom stereocenters. The zero-order valence-corrected chi connectivity index (χ0v) is 10.4. The number of rotatable bonds is 8.